The lowest BCUT2D eigenvalue weighted by Crippen LogP contribution is -2.03. The first-order valence-corrected chi connectivity index (χ1v) is 4.96. The van der Waals surface area contributed by atoms with Crippen molar-refractivity contribution in [2.24, 2.45) is 11.8 Å². The normalized spacial score (nSPS) is 49.3. The zero-order valence-corrected chi connectivity index (χ0v) is 7.59. The van der Waals surface area contributed by atoms with Crippen molar-refractivity contribution in [2.75, 3.05) is 6.26 Å². The molecule has 0 bridgehead atoms. The molecule has 0 aromatic heterocycles. The van der Waals surface area contributed by atoms with Crippen LogP contribution in [0.25, 0.3) is 0 Å². The lowest BCUT2D eigenvalue weighted by Gasteiger charge is -2.09. The van der Waals surface area contributed by atoms with Gasteiger partial charge in [0.15, 0.2) is 0 Å². The lowest BCUT2D eigenvalue weighted by atomic mass is 10.2. The summed E-state index contributed by atoms with van der Waals surface area (Å²) in [4.78, 5) is 0. The van der Waals surface area contributed by atoms with Gasteiger partial charge in [0.05, 0.1) is 0 Å². The Morgan fingerprint density at radius 1 is 1.33 bits per heavy atom. The fourth-order valence-corrected chi connectivity index (χ4v) is 3.36. The molecule has 0 aromatic rings. The molecule has 1 aliphatic carbocycles. The second-order valence-corrected chi connectivity index (χ2v) is 4.26. The molecule has 0 nitrogen and oxygen atoms in total. The SMILES string of the molecule is CCC1(SC)C(C)C1C. The number of hydrogen-bond donors (Lipinski definition) is 0. The van der Waals surface area contributed by atoms with Gasteiger partial charge in [0, 0.05) is 4.75 Å². The minimum Gasteiger partial charge on any atom is -0.158 e. The summed E-state index contributed by atoms with van der Waals surface area (Å²) in [7, 11) is 0. The standard InChI is InChI=1S/C8H16S/c1-5-8(9-4)6(2)7(8)3/h6-7H,5H2,1-4H3. The molecule has 2 atom stereocenters. The maximum absolute atomic E-state index is 2.37. The molecule has 1 rings (SSSR count). The Morgan fingerprint density at radius 3 is 1.78 bits per heavy atom. The monoisotopic (exact) mass is 144 g/mol. The van der Waals surface area contributed by atoms with Crippen molar-refractivity contribution in [3.8, 4) is 0 Å². The number of rotatable bonds is 2. The van der Waals surface area contributed by atoms with E-state index in [1.54, 1.807) is 0 Å². The molecule has 0 radical (unpaired) electrons. The summed E-state index contributed by atoms with van der Waals surface area (Å²) in [5.74, 6) is 1.91. The second kappa shape index (κ2) is 2.19. The van der Waals surface area contributed by atoms with Crippen molar-refractivity contribution < 1.29 is 0 Å². The Kier molecular flexibility index (Phi) is 1.81. The molecule has 2 unspecified atom stereocenters. The Bertz CT molecular complexity index is 95.1. The van der Waals surface area contributed by atoms with Crippen LogP contribution in [0.15, 0.2) is 0 Å². The van der Waals surface area contributed by atoms with Gasteiger partial charge in [-0.05, 0) is 24.5 Å². The first-order valence-electron chi connectivity index (χ1n) is 3.74. The fraction of sp³-hybridized carbons (Fsp3) is 1.00. The Hall–Kier alpha value is 0.350. The summed E-state index contributed by atoms with van der Waals surface area (Å²) in [6.45, 7) is 7.03. The molecule has 1 aliphatic rings. The average Bonchev–Trinajstić information content (AvgIpc) is 2.39. The van der Waals surface area contributed by atoms with Crippen molar-refractivity contribution in [3.63, 3.8) is 0 Å². The van der Waals surface area contributed by atoms with Crippen LogP contribution in [0.3, 0.4) is 0 Å². The van der Waals surface area contributed by atoms with Gasteiger partial charge in [-0.1, -0.05) is 20.8 Å². The molecule has 54 valence electrons. The van der Waals surface area contributed by atoms with Crippen molar-refractivity contribution in [1.82, 2.24) is 0 Å². The molecule has 0 heterocycles. The second-order valence-electron chi connectivity index (χ2n) is 3.09. The van der Waals surface area contributed by atoms with E-state index in [0.717, 1.165) is 11.8 Å². The third kappa shape index (κ3) is 0.813. The number of thioether (sulfide) groups is 1. The molecule has 0 aliphatic heterocycles. The fourth-order valence-electron chi connectivity index (χ4n) is 1.98. The summed E-state index contributed by atoms with van der Waals surface area (Å²) in [5, 5.41) is 0. The summed E-state index contributed by atoms with van der Waals surface area (Å²) in [6.07, 6.45) is 3.58. The van der Waals surface area contributed by atoms with Gasteiger partial charge in [0.1, 0.15) is 0 Å². The lowest BCUT2D eigenvalue weighted by molar-refractivity contribution is 0.763. The molecular formula is C8H16S. The Labute approximate surface area is 62.4 Å². The quantitative estimate of drug-likeness (QED) is 0.574. The van der Waals surface area contributed by atoms with Crippen molar-refractivity contribution >= 4 is 11.8 Å². The van der Waals surface area contributed by atoms with Gasteiger partial charge in [-0.25, -0.2) is 0 Å². The third-order valence-corrected chi connectivity index (χ3v) is 4.91. The molecule has 0 amide bonds. The maximum Gasteiger partial charge on any atom is 0.0211 e. The Morgan fingerprint density at radius 2 is 1.78 bits per heavy atom. The van der Waals surface area contributed by atoms with Crippen LogP contribution in [0, 0.1) is 11.8 Å². The smallest absolute Gasteiger partial charge is 0.0211 e. The van der Waals surface area contributed by atoms with E-state index in [9.17, 15) is 0 Å². The van der Waals surface area contributed by atoms with Gasteiger partial charge in [-0.3, -0.25) is 0 Å². The molecule has 0 saturated heterocycles. The van der Waals surface area contributed by atoms with E-state index in [4.69, 9.17) is 0 Å². The van der Waals surface area contributed by atoms with Crippen LogP contribution in [0.5, 0.6) is 0 Å². The van der Waals surface area contributed by atoms with Crippen LogP contribution < -0.4 is 0 Å². The molecule has 0 N–H and O–H groups in total. The minimum atomic E-state index is 0.667. The highest BCUT2D eigenvalue weighted by Gasteiger charge is 2.56. The first-order chi connectivity index (χ1) is 4.19. The van der Waals surface area contributed by atoms with E-state index in [1.807, 2.05) is 0 Å². The molecule has 9 heavy (non-hydrogen) atoms. The summed E-state index contributed by atoms with van der Waals surface area (Å²) < 4.78 is 0.667. The molecule has 1 fully saturated rings. The van der Waals surface area contributed by atoms with Gasteiger partial charge in [-0.15, -0.1) is 0 Å². The summed E-state index contributed by atoms with van der Waals surface area (Å²) in [5.41, 5.74) is 0. The molecule has 0 spiro atoms. The zero-order valence-electron chi connectivity index (χ0n) is 6.77. The molecule has 1 heteroatoms. The highest BCUT2D eigenvalue weighted by atomic mass is 32.2. The topological polar surface area (TPSA) is 0 Å². The van der Waals surface area contributed by atoms with Crippen LogP contribution in [0.1, 0.15) is 27.2 Å². The highest BCUT2D eigenvalue weighted by molar-refractivity contribution is 8.00. The van der Waals surface area contributed by atoms with Gasteiger partial charge in [0.2, 0.25) is 0 Å². The summed E-state index contributed by atoms with van der Waals surface area (Å²) >= 11 is 2.05. The third-order valence-electron chi connectivity index (χ3n) is 3.12. The highest BCUT2D eigenvalue weighted by Crippen LogP contribution is 2.60. The van der Waals surface area contributed by atoms with Crippen LogP contribution >= 0.6 is 11.8 Å². The van der Waals surface area contributed by atoms with E-state index in [0.29, 0.717) is 4.75 Å². The van der Waals surface area contributed by atoms with Crippen LogP contribution in [-0.4, -0.2) is 11.0 Å². The van der Waals surface area contributed by atoms with Gasteiger partial charge < -0.3 is 0 Å². The predicted molar refractivity (Wildman–Crippen MR) is 44.9 cm³/mol. The van der Waals surface area contributed by atoms with Crippen LogP contribution in [-0.2, 0) is 0 Å². The van der Waals surface area contributed by atoms with Crippen LogP contribution in [0.4, 0.5) is 0 Å². The first kappa shape index (κ1) is 7.46. The number of hydrogen-bond acceptors (Lipinski definition) is 1. The van der Waals surface area contributed by atoms with Gasteiger partial charge in [-0.2, -0.15) is 11.8 Å². The van der Waals surface area contributed by atoms with Gasteiger partial charge >= 0.3 is 0 Å². The van der Waals surface area contributed by atoms with E-state index in [-0.39, 0.29) is 0 Å². The molecule has 1 saturated carbocycles. The maximum atomic E-state index is 2.37. The van der Waals surface area contributed by atoms with E-state index >= 15 is 0 Å². The van der Waals surface area contributed by atoms with Gasteiger partial charge in [0.25, 0.3) is 0 Å². The minimum absolute atomic E-state index is 0.667. The zero-order chi connectivity index (χ0) is 7.07. The van der Waals surface area contributed by atoms with Crippen LogP contribution in [0.2, 0.25) is 0 Å². The van der Waals surface area contributed by atoms with E-state index in [2.05, 4.69) is 38.8 Å². The molecular weight excluding hydrogens is 128 g/mol. The summed E-state index contributed by atoms with van der Waals surface area (Å²) in [6, 6.07) is 0. The van der Waals surface area contributed by atoms with Crippen molar-refractivity contribution in [1.29, 1.82) is 0 Å². The largest absolute Gasteiger partial charge is 0.158 e. The molecule has 0 aromatic carbocycles. The van der Waals surface area contributed by atoms with Crippen molar-refractivity contribution in [3.05, 3.63) is 0 Å². The predicted octanol–water partition coefficient (Wildman–Crippen LogP) is 2.78. The van der Waals surface area contributed by atoms with E-state index in [1.165, 1.54) is 6.42 Å². The average molecular weight is 144 g/mol. The van der Waals surface area contributed by atoms with E-state index < -0.39 is 0 Å². The van der Waals surface area contributed by atoms with Crippen molar-refractivity contribution in [2.45, 2.75) is 31.9 Å². The Balaban J connectivity index is 2.54.